The summed E-state index contributed by atoms with van der Waals surface area (Å²) in [4.78, 5) is 21.5. The number of hydrogen-bond donors (Lipinski definition) is 1. The van der Waals surface area contributed by atoms with E-state index in [2.05, 4.69) is 9.97 Å². The Bertz CT molecular complexity index is 830. The SMILES string of the molecule is COc1ccc(N(C)c2nc(CC3CCCC3)[nH]c(=O)c2C#N)cc1. The Labute approximate surface area is 147 Å². The van der Waals surface area contributed by atoms with Crippen LogP contribution in [0.15, 0.2) is 29.1 Å². The summed E-state index contributed by atoms with van der Waals surface area (Å²) in [6, 6.07) is 9.41. The number of anilines is 2. The number of aromatic amines is 1. The zero-order valence-electron chi connectivity index (χ0n) is 14.6. The molecule has 0 atom stereocenters. The monoisotopic (exact) mass is 338 g/mol. The van der Waals surface area contributed by atoms with Crippen LogP contribution >= 0.6 is 0 Å². The van der Waals surface area contributed by atoms with Crippen molar-refractivity contribution in [2.45, 2.75) is 32.1 Å². The maximum atomic E-state index is 12.3. The molecule has 0 unspecified atom stereocenters. The largest absolute Gasteiger partial charge is 0.497 e. The summed E-state index contributed by atoms with van der Waals surface area (Å²) in [6.45, 7) is 0. The van der Waals surface area contributed by atoms with Gasteiger partial charge in [0.1, 0.15) is 17.6 Å². The summed E-state index contributed by atoms with van der Waals surface area (Å²) in [5.74, 6) is 2.37. The highest BCUT2D eigenvalue weighted by Gasteiger charge is 2.20. The smallest absolute Gasteiger partial charge is 0.271 e. The molecule has 6 heteroatoms. The van der Waals surface area contributed by atoms with Gasteiger partial charge in [-0.05, 0) is 30.2 Å². The first-order valence-electron chi connectivity index (χ1n) is 8.53. The summed E-state index contributed by atoms with van der Waals surface area (Å²) in [7, 11) is 3.42. The van der Waals surface area contributed by atoms with E-state index in [0.29, 0.717) is 17.6 Å². The molecule has 3 rings (SSSR count). The zero-order chi connectivity index (χ0) is 17.8. The van der Waals surface area contributed by atoms with E-state index in [0.717, 1.165) is 17.9 Å². The van der Waals surface area contributed by atoms with Crippen LogP contribution in [0.25, 0.3) is 0 Å². The first-order valence-corrected chi connectivity index (χ1v) is 8.53. The highest BCUT2D eigenvalue weighted by Crippen LogP contribution is 2.29. The maximum Gasteiger partial charge on any atom is 0.271 e. The normalized spacial score (nSPS) is 14.3. The zero-order valence-corrected chi connectivity index (χ0v) is 14.6. The van der Waals surface area contributed by atoms with Crippen LogP contribution in [0.2, 0.25) is 0 Å². The van der Waals surface area contributed by atoms with Crippen molar-refractivity contribution < 1.29 is 4.74 Å². The van der Waals surface area contributed by atoms with Gasteiger partial charge in [0, 0.05) is 19.2 Å². The van der Waals surface area contributed by atoms with Crippen LogP contribution < -0.4 is 15.2 Å². The fraction of sp³-hybridized carbons (Fsp3) is 0.421. The number of ether oxygens (including phenoxy) is 1. The molecule has 1 heterocycles. The molecule has 0 amide bonds. The Kier molecular flexibility index (Phi) is 5.03. The summed E-state index contributed by atoms with van der Waals surface area (Å²) >= 11 is 0. The average Bonchev–Trinajstić information content (AvgIpc) is 3.13. The molecule has 25 heavy (non-hydrogen) atoms. The predicted octanol–water partition coefficient (Wildman–Crippen LogP) is 3.15. The molecule has 1 aromatic heterocycles. The minimum atomic E-state index is -0.374. The second-order valence-electron chi connectivity index (χ2n) is 6.43. The van der Waals surface area contributed by atoms with Gasteiger partial charge in [0.15, 0.2) is 11.4 Å². The molecule has 0 radical (unpaired) electrons. The molecule has 1 N–H and O–H groups in total. The minimum Gasteiger partial charge on any atom is -0.497 e. The molecule has 1 aliphatic rings. The molecule has 0 aliphatic heterocycles. The number of benzene rings is 1. The van der Waals surface area contributed by atoms with Crippen LogP contribution in [0.3, 0.4) is 0 Å². The fourth-order valence-corrected chi connectivity index (χ4v) is 3.36. The summed E-state index contributed by atoms with van der Waals surface area (Å²) in [5.41, 5.74) is 0.497. The Hall–Kier alpha value is -2.81. The van der Waals surface area contributed by atoms with Gasteiger partial charge in [0.25, 0.3) is 5.56 Å². The molecule has 1 fully saturated rings. The molecular weight excluding hydrogens is 316 g/mol. The van der Waals surface area contributed by atoms with Gasteiger partial charge < -0.3 is 14.6 Å². The van der Waals surface area contributed by atoms with Gasteiger partial charge >= 0.3 is 0 Å². The Morgan fingerprint density at radius 3 is 2.60 bits per heavy atom. The standard InChI is InChI=1S/C19H22N4O2/c1-23(14-7-9-15(25-2)10-8-14)18-16(12-20)19(24)22-17(21-18)11-13-5-3-4-6-13/h7-10,13H,3-6,11H2,1-2H3,(H,21,22,24). The third-order valence-corrected chi connectivity index (χ3v) is 4.80. The summed E-state index contributed by atoms with van der Waals surface area (Å²) in [5, 5.41) is 9.40. The molecule has 2 aromatic rings. The number of hydrogen-bond acceptors (Lipinski definition) is 5. The molecule has 130 valence electrons. The van der Waals surface area contributed by atoms with Crippen molar-refractivity contribution in [3.63, 3.8) is 0 Å². The van der Waals surface area contributed by atoms with Gasteiger partial charge in [-0.25, -0.2) is 4.98 Å². The second-order valence-corrected chi connectivity index (χ2v) is 6.43. The summed E-state index contributed by atoms with van der Waals surface area (Å²) in [6.07, 6.45) is 5.58. The van der Waals surface area contributed by atoms with Crippen molar-refractivity contribution in [1.29, 1.82) is 5.26 Å². The molecule has 6 nitrogen and oxygen atoms in total. The lowest BCUT2D eigenvalue weighted by atomic mass is 10.0. The third-order valence-electron chi connectivity index (χ3n) is 4.80. The van der Waals surface area contributed by atoms with Crippen LogP contribution in [-0.2, 0) is 6.42 Å². The van der Waals surface area contributed by atoms with E-state index in [9.17, 15) is 10.1 Å². The average molecular weight is 338 g/mol. The summed E-state index contributed by atoms with van der Waals surface area (Å²) < 4.78 is 5.17. The van der Waals surface area contributed by atoms with Crippen molar-refractivity contribution in [2.75, 3.05) is 19.1 Å². The van der Waals surface area contributed by atoms with Crippen LogP contribution in [-0.4, -0.2) is 24.1 Å². The van der Waals surface area contributed by atoms with Gasteiger partial charge in [-0.2, -0.15) is 5.26 Å². The van der Waals surface area contributed by atoms with E-state index < -0.39 is 0 Å². The van der Waals surface area contributed by atoms with Crippen molar-refractivity contribution >= 4 is 11.5 Å². The van der Waals surface area contributed by atoms with Crippen LogP contribution in [0.4, 0.5) is 11.5 Å². The van der Waals surface area contributed by atoms with Gasteiger partial charge in [0.05, 0.1) is 7.11 Å². The lowest BCUT2D eigenvalue weighted by Crippen LogP contribution is -2.23. The van der Waals surface area contributed by atoms with E-state index in [1.165, 1.54) is 25.7 Å². The van der Waals surface area contributed by atoms with Crippen molar-refractivity contribution in [2.24, 2.45) is 5.92 Å². The van der Waals surface area contributed by atoms with E-state index >= 15 is 0 Å². The molecule has 1 saturated carbocycles. The van der Waals surface area contributed by atoms with Gasteiger partial charge in [0.2, 0.25) is 0 Å². The number of H-pyrrole nitrogens is 1. The first kappa shape index (κ1) is 17.0. The van der Waals surface area contributed by atoms with E-state index in [-0.39, 0.29) is 11.1 Å². The fourth-order valence-electron chi connectivity index (χ4n) is 3.36. The lowest BCUT2D eigenvalue weighted by molar-refractivity contribution is 0.415. The molecule has 1 aromatic carbocycles. The van der Waals surface area contributed by atoms with Gasteiger partial charge in [-0.15, -0.1) is 0 Å². The van der Waals surface area contributed by atoms with E-state index in [1.807, 2.05) is 37.4 Å². The Morgan fingerprint density at radius 1 is 1.32 bits per heavy atom. The molecule has 1 aliphatic carbocycles. The number of methoxy groups -OCH3 is 1. The Morgan fingerprint density at radius 2 is 2.00 bits per heavy atom. The minimum absolute atomic E-state index is 0.0356. The number of rotatable bonds is 5. The third kappa shape index (κ3) is 3.66. The molecule has 0 saturated heterocycles. The first-order chi connectivity index (χ1) is 12.1. The molecule has 0 bridgehead atoms. The van der Waals surface area contributed by atoms with Crippen molar-refractivity contribution in [3.05, 3.63) is 46.0 Å². The van der Waals surface area contributed by atoms with E-state index in [1.54, 1.807) is 12.0 Å². The van der Waals surface area contributed by atoms with E-state index in [4.69, 9.17) is 4.74 Å². The second kappa shape index (κ2) is 7.39. The van der Waals surface area contributed by atoms with Crippen molar-refractivity contribution in [1.82, 2.24) is 9.97 Å². The lowest BCUT2D eigenvalue weighted by Gasteiger charge is -2.20. The van der Waals surface area contributed by atoms with Crippen LogP contribution in [0.5, 0.6) is 5.75 Å². The predicted molar refractivity (Wildman–Crippen MR) is 96.3 cm³/mol. The Balaban J connectivity index is 1.95. The highest BCUT2D eigenvalue weighted by atomic mass is 16.5. The van der Waals surface area contributed by atoms with Gasteiger partial charge in [-0.1, -0.05) is 25.7 Å². The quantitative estimate of drug-likeness (QED) is 0.905. The highest BCUT2D eigenvalue weighted by molar-refractivity contribution is 5.65. The molecule has 0 spiro atoms. The van der Waals surface area contributed by atoms with Crippen LogP contribution in [0.1, 0.15) is 37.1 Å². The number of nitrogens with one attached hydrogen (secondary N) is 1. The number of nitrogens with zero attached hydrogens (tertiary/aromatic N) is 3. The number of aromatic nitrogens is 2. The van der Waals surface area contributed by atoms with Crippen molar-refractivity contribution in [3.8, 4) is 11.8 Å². The number of nitriles is 1. The van der Waals surface area contributed by atoms with Crippen LogP contribution in [0, 0.1) is 17.2 Å². The topological polar surface area (TPSA) is 82.0 Å². The molecular formula is C19H22N4O2. The van der Waals surface area contributed by atoms with Gasteiger partial charge in [-0.3, -0.25) is 4.79 Å². The maximum absolute atomic E-state index is 12.3.